The number of carbonyl (C=O) groups excluding carboxylic acids is 1. The molecule has 2 heterocycles. The van der Waals surface area contributed by atoms with E-state index in [1.54, 1.807) is 18.3 Å². The summed E-state index contributed by atoms with van der Waals surface area (Å²) in [6, 6.07) is 18.9. The van der Waals surface area contributed by atoms with E-state index in [9.17, 15) is 4.79 Å². The van der Waals surface area contributed by atoms with Crippen LogP contribution in [0.5, 0.6) is 0 Å². The molecule has 0 saturated carbocycles. The first-order valence-electron chi connectivity index (χ1n) is 9.26. The lowest BCUT2D eigenvalue weighted by atomic mass is 10.1. The summed E-state index contributed by atoms with van der Waals surface area (Å²) < 4.78 is 5.78. The van der Waals surface area contributed by atoms with Gasteiger partial charge in [-0.2, -0.15) is 4.98 Å². The lowest BCUT2D eigenvalue weighted by Crippen LogP contribution is -2.33. The molecule has 0 fully saturated rings. The molecule has 7 heteroatoms. The van der Waals surface area contributed by atoms with Crippen molar-refractivity contribution in [2.45, 2.75) is 6.92 Å². The fourth-order valence-electron chi connectivity index (χ4n) is 2.83. The molecule has 30 heavy (non-hydrogen) atoms. The normalized spacial score (nSPS) is 11.0. The first kappa shape index (κ1) is 19.5. The number of fused-ring (bicyclic) bond motifs is 1. The van der Waals surface area contributed by atoms with Crippen LogP contribution >= 0.6 is 12.2 Å². The summed E-state index contributed by atoms with van der Waals surface area (Å²) in [6.07, 6.45) is 4.84. The lowest BCUT2D eigenvalue weighted by Gasteiger charge is -2.11. The average Bonchev–Trinajstić information content (AvgIpc) is 3.19. The summed E-state index contributed by atoms with van der Waals surface area (Å²) in [5, 5.41) is 5.92. The van der Waals surface area contributed by atoms with Crippen LogP contribution in [0.1, 0.15) is 11.1 Å². The molecular weight excluding hydrogens is 396 g/mol. The van der Waals surface area contributed by atoms with Crippen LogP contribution in [-0.2, 0) is 4.79 Å². The number of rotatable bonds is 4. The summed E-state index contributed by atoms with van der Waals surface area (Å²) in [5.41, 5.74) is 4.60. The van der Waals surface area contributed by atoms with Crippen molar-refractivity contribution < 1.29 is 9.21 Å². The molecule has 0 saturated heterocycles. The summed E-state index contributed by atoms with van der Waals surface area (Å²) in [5.74, 6) is 0.155. The van der Waals surface area contributed by atoms with Gasteiger partial charge in [0.25, 0.3) is 0 Å². The SMILES string of the molecule is Cc1ccc(-c2nc3ncccc3o2)cc1NC(=S)NC(=O)C=Cc1ccccc1. The molecule has 0 atom stereocenters. The van der Waals surface area contributed by atoms with E-state index in [-0.39, 0.29) is 11.0 Å². The molecule has 0 spiro atoms. The van der Waals surface area contributed by atoms with E-state index >= 15 is 0 Å². The molecule has 0 aliphatic rings. The molecule has 0 bridgehead atoms. The lowest BCUT2D eigenvalue weighted by molar-refractivity contribution is -0.115. The first-order valence-corrected chi connectivity index (χ1v) is 9.67. The molecule has 4 rings (SSSR count). The van der Waals surface area contributed by atoms with Crippen LogP contribution in [0.15, 0.2) is 77.4 Å². The number of nitrogens with zero attached hydrogens (tertiary/aromatic N) is 2. The molecule has 0 unspecified atom stereocenters. The van der Waals surface area contributed by atoms with Crippen LogP contribution in [-0.4, -0.2) is 21.0 Å². The van der Waals surface area contributed by atoms with Crippen molar-refractivity contribution in [2.24, 2.45) is 0 Å². The molecule has 2 N–H and O–H groups in total. The summed E-state index contributed by atoms with van der Waals surface area (Å²) in [4.78, 5) is 20.7. The number of hydrogen-bond acceptors (Lipinski definition) is 5. The Hall–Kier alpha value is -3.84. The quantitative estimate of drug-likeness (QED) is 0.371. The monoisotopic (exact) mass is 414 g/mol. The van der Waals surface area contributed by atoms with Gasteiger partial charge in [0.1, 0.15) is 0 Å². The van der Waals surface area contributed by atoms with Crippen molar-refractivity contribution in [2.75, 3.05) is 5.32 Å². The van der Waals surface area contributed by atoms with Crippen molar-refractivity contribution in [1.29, 1.82) is 0 Å². The van der Waals surface area contributed by atoms with E-state index in [0.717, 1.165) is 22.4 Å². The summed E-state index contributed by atoms with van der Waals surface area (Å²) in [6.45, 7) is 1.94. The van der Waals surface area contributed by atoms with Gasteiger partial charge in [-0.25, -0.2) is 4.98 Å². The number of aryl methyl sites for hydroxylation is 1. The number of anilines is 1. The van der Waals surface area contributed by atoms with Crippen molar-refractivity contribution >= 4 is 46.2 Å². The number of hydrogen-bond donors (Lipinski definition) is 2. The Morgan fingerprint density at radius 3 is 2.73 bits per heavy atom. The maximum absolute atomic E-state index is 12.1. The highest BCUT2D eigenvalue weighted by Crippen LogP contribution is 2.27. The molecule has 0 aliphatic carbocycles. The van der Waals surface area contributed by atoms with Crippen LogP contribution in [0.3, 0.4) is 0 Å². The molecule has 4 aromatic rings. The smallest absolute Gasteiger partial charge is 0.250 e. The minimum absolute atomic E-state index is 0.206. The summed E-state index contributed by atoms with van der Waals surface area (Å²) >= 11 is 5.29. The molecule has 0 aliphatic heterocycles. The average molecular weight is 414 g/mol. The van der Waals surface area contributed by atoms with E-state index in [2.05, 4.69) is 20.6 Å². The standard InChI is InChI=1S/C23H18N4O2S/c1-15-9-11-17(22-27-21-19(29-22)8-5-13-24-21)14-18(15)25-23(30)26-20(28)12-10-16-6-3-2-4-7-16/h2-14H,1H3,(H2,25,26,28,30). The highest BCUT2D eigenvalue weighted by atomic mass is 32.1. The van der Waals surface area contributed by atoms with E-state index in [1.165, 1.54) is 6.08 Å². The number of thiocarbonyl (C=S) groups is 1. The molecule has 0 radical (unpaired) electrons. The van der Waals surface area contributed by atoms with Gasteiger partial charge in [0.05, 0.1) is 0 Å². The van der Waals surface area contributed by atoms with Crippen LogP contribution in [0, 0.1) is 6.92 Å². The number of nitrogens with one attached hydrogen (secondary N) is 2. The highest BCUT2D eigenvalue weighted by molar-refractivity contribution is 7.80. The zero-order chi connectivity index (χ0) is 20.9. The maximum atomic E-state index is 12.1. The largest absolute Gasteiger partial charge is 0.434 e. The van der Waals surface area contributed by atoms with Gasteiger partial charge < -0.3 is 9.73 Å². The van der Waals surface area contributed by atoms with Crippen molar-refractivity contribution in [3.8, 4) is 11.5 Å². The topological polar surface area (TPSA) is 80.1 Å². The molecule has 6 nitrogen and oxygen atoms in total. The second-order valence-corrected chi connectivity index (χ2v) is 6.97. The van der Waals surface area contributed by atoms with Crippen molar-refractivity contribution in [3.63, 3.8) is 0 Å². The molecular formula is C23H18N4O2S. The van der Waals surface area contributed by atoms with Gasteiger partial charge in [-0.05, 0) is 60.6 Å². The Labute approximate surface area is 178 Å². The Balaban J connectivity index is 1.46. The third-order valence-corrected chi connectivity index (χ3v) is 4.57. The number of benzene rings is 2. The zero-order valence-electron chi connectivity index (χ0n) is 16.1. The van der Waals surface area contributed by atoms with E-state index in [1.807, 2.05) is 61.5 Å². The molecule has 2 aromatic carbocycles. The maximum Gasteiger partial charge on any atom is 0.250 e. The third kappa shape index (κ3) is 4.59. The Morgan fingerprint density at radius 2 is 1.93 bits per heavy atom. The van der Waals surface area contributed by atoms with Gasteiger partial charge in [0, 0.05) is 23.5 Å². The van der Waals surface area contributed by atoms with Crippen LogP contribution < -0.4 is 10.6 Å². The van der Waals surface area contributed by atoms with Crippen molar-refractivity contribution in [1.82, 2.24) is 15.3 Å². The molecule has 2 aromatic heterocycles. The van der Waals surface area contributed by atoms with Gasteiger partial charge in [0.2, 0.25) is 11.8 Å². The van der Waals surface area contributed by atoms with Crippen LogP contribution in [0.4, 0.5) is 5.69 Å². The number of oxazole rings is 1. The second-order valence-electron chi connectivity index (χ2n) is 6.56. The number of aromatic nitrogens is 2. The van der Waals surface area contributed by atoms with Gasteiger partial charge in [-0.15, -0.1) is 0 Å². The second kappa shape index (κ2) is 8.67. The van der Waals surface area contributed by atoms with Crippen LogP contribution in [0.25, 0.3) is 28.8 Å². The number of carbonyl (C=O) groups is 1. The minimum Gasteiger partial charge on any atom is -0.434 e. The minimum atomic E-state index is -0.310. The fourth-order valence-corrected chi connectivity index (χ4v) is 3.04. The van der Waals surface area contributed by atoms with Gasteiger partial charge in [-0.3, -0.25) is 10.1 Å². The van der Waals surface area contributed by atoms with Gasteiger partial charge in [-0.1, -0.05) is 36.4 Å². The van der Waals surface area contributed by atoms with Gasteiger partial charge in [0.15, 0.2) is 16.3 Å². The fraction of sp³-hybridized carbons (Fsp3) is 0.0435. The van der Waals surface area contributed by atoms with Crippen molar-refractivity contribution in [3.05, 3.63) is 84.1 Å². The number of pyridine rings is 1. The highest BCUT2D eigenvalue weighted by Gasteiger charge is 2.11. The van der Waals surface area contributed by atoms with E-state index in [0.29, 0.717) is 17.1 Å². The van der Waals surface area contributed by atoms with E-state index in [4.69, 9.17) is 16.6 Å². The summed E-state index contributed by atoms with van der Waals surface area (Å²) in [7, 11) is 0. The van der Waals surface area contributed by atoms with Crippen LogP contribution in [0.2, 0.25) is 0 Å². The first-order chi connectivity index (χ1) is 14.6. The van der Waals surface area contributed by atoms with E-state index < -0.39 is 0 Å². The molecule has 148 valence electrons. The Bertz CT molecular complexity index is 1220. The molecule has 1 amide bonds. The number of amides is 1. The Kier molecular flexibility index (Phi) is 5.63. The van der Waals surface area contributed by atoms with Gasteiger partial charge >= 0.3 is 0 Å². The Morgan fingerprint density at radius 1 is 1.10 bits per heavy atom. The predicted octanol–water partition coefficient (Wildman–Crippen LogP) is 4.72. The third-order valence-electron chi connectivity index (χ3n) is 4.36. The zero-order valence-corrected chi connectivity index (χ0v) is 16.9. The predicted molar refractivity (Wildman–Crippen MR) is 122 cm³/mol.